The van der Waals surface area contributed by atoms with Crippen LogP contribution in [0.2, 0.25) is 0 Å². The minimum absolute atomic E-state index is 0.102. The van der Waals surface area contributed by atoms with E-state index >= 15 is 0 Å². The number of nitrogens with one attached hydrogen (secondary N) is 1. The Morgan fingerprint density at radius 3 is 2.89 bits per heavy atom. The fraction of sp³-hybridized carbons (Fsp3) is 0.600. The highest BCUT2D eigenvalue weighted by Gasteiger charge is 2.31. The van der Waals surface area contributed by atoms with Crippen molar-refractivity contribution in [2.24, 2.45) is 0 Å². The summed E-state index contributed by atoms with van der Waals surface area (Å²) < 4.78 is 17.2. The molecule has 1 aromatic carbocycles. The number of rotatable bonds is 5. The molecule has 2 atom stereocenters. The highest BCUT2D eigenvalue weighted by atomic mass is 32.2. The first-order chi connectivity index (χ1) is 8.87. The average Bonchev–Trinajstić information content (AvgIpc) is 2.59. The summed E-state index contributed by atoms with van der Waals surface area (Å²) in [6.07, 6.45) is 2.70. The highest BCUT2D eigenvalue weighted by Crippen LogP contribution is 2.37. The van der Waals surface area contributed by atoms with Crippen molar-refractivity contribution in [2.75, 3.05) is 12.0 Å². The van der Waals surface area contributed by atoms with Crippen LogP contribution in [0, 0.1) is 0 Å². The van der Waals surface area contributed by atoms with Crippen LogP contribution in [0.1, 0.15) is 31.9 Å². The van der Waals surface area contributed by atoms with Gasteiger partial charge in [-0.05, 0) is 26.3 Å². The molecule has 106 valence electrons. The van der Waals surface area contributed by atoms with Gasteiger partial charge in [0.15, 0.2) is 0 Å². The van der Waals surface area contributed by atoms with Gasteiger partial charge in [0, 0.05) is 47.4 Å². The Balaban J connectivity index is 2.03. The van der Waals surface area contributed by atoms with Gasteiger partial charge in [-0.2, -0.15) is 0 Å². The van der Waals surface area contributed by atoms with Crippen LogP contribution in [0.25, 0.3) is 0 Å². The van der Waals surface area contributed by atoms with Crippen molar-refractivity contribution in [1.29, 1.82) is 0 Å². The molecule has 0 bridgehead atoms. The molecule has 0 aromatic heterocycles. The normalized spacial score (nSPS) is 19.6. The predicted molar refractivity (Wildman–Crippen MR) is 80.1 cm³/mol. The van der Waals surface area contributed by atoms with Crippen LogP contribution in [0.15, 0.2) is 18.2 Å². The van der Waals surface area contributed by atoms with Gasteiger partial charge < -0.3 is 10.1 Å². The van der Waals surface area contributed by atoms with E-state index in [2.05, 4.69) is 44.3 Å². The molecule has 1 aliphatic heterocycles. The van der Waals surface area contributed by atoms with E-state index in [0.29, 0.717) is 5.75 Å². The fourth-order valence-electron chi connectivity index (χ4n) is 2.51. The van der Waals surface area contributed by atoms with Crippen LogP contribution in [0.5, 0.6) is 5.75 Å². The molecule has 1 N–H and O–H groups in total. The highest BCUT2D eigenvalue weighted by molar-refractivity contribution is 7.84. The zero-order valence-corrected chi connectivity index (χ0v) is 13.0. The van der Waals surface area contributed by atoms with Gasteiger partial charge >= 0.3 is 0 Å². The molecule has 0 spiro atoms. The molecule has 0 saturated heterocycles. The first-order valence-electron chi connectivity index (χ1n) is 6.70. The topological polar surface area (TPSA) is 38.3 Å². The first kappa shape index (κ1) is 14.5. The smallest absolute Gasteiger partial charge is 0.127 e. The van der Waals surface area contributed by atoms with E-state index < -0.39 is 10.8 Å². The Labute approximate surface area is 118 Å². The standard InChI is InChI=1S/C15H23NO2S/c1-11(10-19(4)17)16-9-13-7-5-6-12-8-15(2,3)18-14(12)13/h5-7,11,16H,8-10H2,1-4H3. The van der Waals surface area contributed by atoms with Crippen molar-refractivity contribution >= 4 is 10.8 Å². The average molecular weight is 281 g/mol. The molecule has 1 heterocycles. The molecule has 3 nitrogen and oxygen atoms in total. The van der Waals surface area contributed by atoms with E-state index in [1.165, 1.54) is 11.1 Å². The maximum absolute atomic E-state index is 11.2. The van der Waals surface area contributed by atoms with E-state index in [1.807, 2.05) is 0 Å². The third-order valence-corrected chi connectivity index (χ3v) is 4.27. The maximum atomic E-state index is 11.2. The molecule has 1 aromatic rings. The summed E-state index contributed by atoms with van der Waals surface area (Å²) >= 11 is 0. The van der Waals surface area contributed by atoms with Gasteiger partial charge in [0.05, 0.1) is 0 Å². The Morgan fingerprint density at radius 2 is 2.21 bits per heavy atom. The third-order valence-electron chi connectivity index (χ3n) is 3.30. The van der Waals surface area contributed by atoms with Gasteiger partial charge in [-0.1, -0.05) is 18.2 Å². The van der Waals surface area contributed by atoms with Gasteiger partial charge in [-0.15, -0.1) is 0 Å². The van der Waals surface area contributed by atoms with Crippen LogP contribution < -0.4 is 10.1 Å². The quantitative estimate of drug-likeness (QED) is 0.899. The number of fused-ring (bicyclic) bond motifs is 1. The molecular weight excluding hydrogens is 258 g/mol. The minimum Gasteiger partial charge on any atom is -0.487 e. The molecule has 1 aliphatic rings. The molecule has 4 heteroatoms. The van der Waals surface area contributed by atoms with Crippen molar-refractivity contribution in [1.82, 2.24) is 5.32 Å². The van der Waals surface area contributed by atoms with Gasteiger partial charge in [0.2, 0.25) is 0 Å². The molecule has 0 radical (unpaired) electrons. The molecule has 2 rings (SSSR count). The second-order valence-corrected chi connectivity index (χ2v) is 7.45. The van der Waals surface area contributed by atoms with Crippen LogP contribution in [-0.2, 0) is 23.8 Å². The Hall–Kier alpha value is -0.870. The van der Waals surface area contributed by atoms with Crippen LogP contribution in [0.4, 0.5) is 0 Å². The molecule has 0 saturated carbocycles. The Kier molecular flexibility index (Phi) is 4.31. The summed E-state index contributed by atoms with van der Waals surface area (Å²) in [4.78, 5) is 0. The predicted octanol–water partition coefficient (Wildman–Crippen LogP) is 2.26. The van der Waals surface area contributed by atoms with Crippen molar-refractivity contribution in [2.45, 2.75) is 45.4 Å². The number of benzene rings is 1. The second kappa shape index (κ2) is 5.63. The summed E-state index contributed by atoms with van der Waals surface area (Å²) in [7, 11) is -0.759. The first-order valence-corrected chi connectivity index (χ1v) is 8.43. The Bertz CT molecular complexity index is 485. The Morgan fingerprint density at radius 1 is 1.47 bits per heavy atom. The number of ether oxygens (including phenoxy) is 1. The van der Waals surface area contributed by atoms with Gasteiger partial charge in [-0.25, -0.2) is 0 Å². The van der Waals surface area contributed by atoms with Crippen molar-refractivity contribution in [3.8, 4) is 5.75 Å². The van der Waals surface area contributed by atoms with Crippen molar-refractivity contribution in [3.63, 3.8) is 0 Å². The lowest BCUT2D eigenvalue weighted by Gasteiger charge is -2.19. The lowest BCUT2D eigenvalue weighted by molar-refractivity contribution is 0.137. The number of para-hydroxylation sites is 1. The molecule has 19 heavy (non-hydrogen) atoms. The van der Waals surface area contributed by atoms with Crippen LogP contribution >= 0.6 is 0 Å². The number of hydrogen-bond donors (Lipinski definition) is 1. The molecular formula is C15H23NO2S. The summed E-state index contributed by atoms with van der Waals surface area (Å²) in [6.45, 7) is 7.06. The largest absolute Gasteiger partial charge is 0.487 e. The minimum atomic E-state index is -0.759. The van der Waals surface area contributed by atoms with Gasteiger partial charge in [0.25, 0.3) is 0 Å². The molecule has 2 unspecified atom stereocenters. The third kappa shape index (κ3) is 3.80. The zero-order chi connectivity index (χ0) is 14.0. The monoisotopic (exact) mass is 281 g/mol. The zero-order valence-electron chi connectivity index (χ0n) is 12.2. The van der Waals surface area contributed by atoms with Crippen LogP contribution in [-0.4, -0.2) is 27.9 Å². The summed E-state index contributed by atoms with van der Waals surface area (Å²) in [5, 5.41) is 3.41. The van der Waals surface area contributed by atoms with Gasteiger partial charge in [-0.3, -0.25) is 4.21 Å². The van der Waals surface area contributed by atoms with E-state index in [1.54, 1.807) is 6.26 Å². The number of hydrogen-bond acceptors (Lipinski definition) is 3. The molecule has 0 amide bonds. The second-order valence-electron chi connectivity index (χ2n) is 5.97. The SMILES string of the molecule is CC(CS(C)=O)NCc1cccc2c1OC(C)(C)C2. The summed E-state index contributed by atoms with van der Waals surface area (Å²) in [5.74, 6) is 1.71. The van der Waals surface area contributed by atoms with E-state index in [4.69, 9.17) is 4.74 Å². The maximum Gasteiger partial charge on any atom is 0.127 e. The van der Waals surface area contributed by atoms with Crippen molar-refractivity contribution < 1.29 is 8.95 Å². The molecule has 0 aliphatic carbocycles. The van der Waals surface area contributed by atoms with Crippen LogP contribution in [0.3, 0.4) is 0 Å². The lowest BCUT2D eigenvalue weighted by atomic mass is 10.0. The van der Waals surface area contributed by atoms with Gasteiger partial charge in [0.1, 0.15) is 11.4 Å². The summed E-state index contributed by atoms with van der Waals surface area (Å²) in [6, 6.07) is 6.57. The van der Waals surface area contributed by atoms with E-state index in [9.17, 15) is 4.21 Å². The van der Waals surface area contributed by atoms with Crippen molar-refractivity contribution in [3.05, 3.63) is 29.3 Å². The fourth-order valence-corrected chi connectivity index (χ4v) is 3.34. The van der Waals surface area contributed by atoms with E-state index in [-0.39, 0.29) is 11.6 Å². The molecule has 0 fully saturated rings. The summed E-state index contributed by atoms with van der Waals surface area (Å²) in [5.41, 5.74) is 2.38. The lowest BCUT2D eigenvalue weighted by Crippen LogP contribution is -2.30. The van der Waals surface area contributed by atoms with E-state index in [0.717, 1.165) is 18.7 Å².